The van der Waals surface area contributed by atoms with Crippen molar-refractivity contribution in [2.24, 2.45) is 17.8 Å². The van der Waals surface area contributed by atoms with Gasteiger partial charge in [0.05, 0.1) is 13.2 Å². The molecule has 154 valence electrons. The van der Waals surface area contributed by atoms with Crippen LogP contribution in [0.15, 0.2) is 24.3 Å². The Bertz CT molecular complexity index is 684. The predicted molar refractivity (Wildman–Crippen MR) is 107 cm³/mol. The summed E-state index contributed by atoms with van der Waals surface area (Å²) in [6, 6.07) is 7.31. The Labute approximate surface area is 167 Å². The van der Waals surface area contributed by atoms with Crippen molar-refractivity contribution in [1.82, 2.24) is 0 Å². The molecule has 6 nitrogen and oxygen atoms in total. The van der Waals surface area contributed by atoms with E-state index in [1.165, 1.54) is 6.42 Å². The molecule has 3 atom stereocenters. The monoisotopic (exact) mass is 389 g/mol. The summed E-state index contributed by atoms with van der Waals surface area (Å²) in [6.45, 7) is 7.83. The maximum atomic E-state index is 12.9. The number of hydrogen-bond acceptors (Lipinski definition) is 6. The number of Topliss-reactive ketones (excluding diaryl/α,β-unsaturated/α-hetero) is 1. The highest BCUT2D eigenvalue weighted by Gasteiger charge is 2.39. The first-order valence-electron chi connectivity index (χ1n) is 10.2. The van der Waals surface area contributed by atoms with Crippen LogP contribution in [-0.4, -0.2) is 37.0 Å². The maximum absolute atomic E-state index is 12.9. The van der Waals surface area contributed by atoms with E-state index in [2.05, 4.69) is 19.2 Å². The molecule has 1 aromatic carbocycles. The molecule has 6 heteroatoms. The van der Waals surface area contributed by atoms with E-state index in [4.69, 9.17) is 9.47 Å². The van der Waals surface area contributed by atoms with E-state index in [1.807, 2.05) is 6.07 Å². The molecule has 1 aliphatic rings. The lowest BCUT2D eigenvalue weighted by Crippen LogP contribution is -2.35. The van der Waals surface area contributed by atoms with Crippen LogP contribution in [0.1, 0.15) is 57.3 Å². The van der Waals surface area contributed by atoms with Gasteiger partial charge in [0, 0.05) is 17.3 Å². The normalized spacial score (nSPS) is 19.0. The molecule has 3 unspecified atom stereocenters. The smallest absolute Gasteiger partial charge is 0.328 e. The number of carbonyl (C=O) groups excluding carboxylic acids is 3. The molecular formula is C22H31NO5. The van der Waals surface area contributed by atoms with Gasteiger partial charge in [-0.05, 0) is 50.7 Å². The van der Waals surface area contributed by atoms with E-state index in [9.17, 15) is 14.4 Å². The molecule has 1 fully saturated rings. The maximum Gasteiger partial charge on any atom is 0.328 e. The van der Waals surface area contributed by atoms with Gasteiger partial charge < -0.3 is 14.8 Å². The summed E-state index contributed by atoms with van der Waals surface area (Å²) >= 11 is 0. The van der Waals surface area contributed by atoms with E-state index in [-0.39, 0.29) is 18.8 Å². The average Bonchev–Trinajstić information content (AvgIpc) is 3.39. The number of hydrogen-bond donors (Lipinski definition) is 1. The first kappa shape index (κ1) is 21.9. The molecule has 0 bridgehead atoms. The van der Waals surface area contributed by atoms with E-state index < -0.39 is 23.6 Å². The van der Waals surface area contributed by atoms with Crippen LogP contribution >= 0.6 is 0 Å². The fraction of sp³-hybridized carbons (Fsp3) is 0.591. The van der Waals surface area contributed by atoms with Gasteiger partial charge in [-0.1, -0.05) is 32.4 Å². The van der Waals surface area contributed by atoms with Gasteiger partial charge in [0.2, 0.25) is 5.92 Å². The molecule has 1 saturated carbocycles. The summed E-state index contributed by atoms with van der Waals surface area (Å²) in [7, 11) is 0. The fourth-order valence-electron chi connectivity index (χ4n) is 3.52. The van der Waals surface area contributed by atoms with Gasteiger partial charge in [0.1, 0.15) is 0 Å². The summed E-state index contributed by atoms with van der Waals surface area (Å²) in [5.41, 5.74) is 1.10. The Kier molecular flexibility index (Phi) is 8.03. The minimum absolute atomic E-state index is 0.0852. The highest BCUT2D eigenvalue weighted by Crippen LogP contribution is 2.43. The molecular weight excluding hydrogens is 358 g/mol. The van der Waals surface area contributed by atoms with Crippen molar-refractivity contribution in [2.45, 2.75) is 53.0 Å². The zero-order valence-electron chi connectivity index (χ0n) is 17.2. The molecule has 0 aliphatic heterocycles. The average molecular weight is 389 g/mol. The minimum atomic E-state index is -1.59. The molecule has 1 aliphatic carbocycles. The zero-order valence-corrected chi connectivity index (χ0v) is 17.2. The quantitative estimate of drug-likeness (QED) is 0.352. The lowest BCUT2D eigenvalue weighted by Gasteiger charge is -2.20. The number of carbonyl (C=O) groups is 3. The van der Waals surface area contributed by atoms with Crippen LogP contribution in [0, 0.1) is 17.8 Å². The molecule has 2 rings (SSSR count). The van der Waals surface area contributed by atoms with Crippen molar-refractivity contribution in [1.29, 1.82) is 0 Å². The van der Waals surface area contributed by atoms with Crippen LogP contribution in [0.25, 0.3) is 0 Å². The largest absolute Gasteiger partial charge is 0.465 e. The van der Waals surface area contributed by atoms with Gasteiger partial charge in [-0.2, -0.15) is 0 Å². The number of benzene rings is 1. The number of rotatable bonds is 11. The third kappa shape index (κ3) is 5.57. The predicted octanol–water partition coefficient (Wildman–Crippen LogP) is 3.85. The van der Waals surface area contributed by atoms with Gasteiger partial charge in [0.25, 0.3) is 0 Å². The van der Waals surface area contributed by atoms with Crippen molar-refractivity contribution >= 4 is 23.4 Å². The first-order chi connectivity index (χ1) is 13.4. The zero-order chi connectivity index (χ0) is 20.7. The summed E-state index contributed by atoms with van der Waals surface area (Å²) in [5, 5.41) is 3.53. The van der Waals surface area contributed by atoms with Crippen LogP contribution < -0.4 is 5.32 Å². The Morgan fingerprint density at radius 1 is 1.11 bits per heavy atom. The minimum Gasteiger partial charge on any atom is -0.465 e. The second kappa shape index (κ2) is 10.2. The van der Waals surface area contributed by atoms with Crippen molar-refractivity contribution in [3.8, 4) is 0 Å². The first-order valence-corrected chi connectivity index (χ1v) is 10.2. The summed E-state index contributed by atoms with van der Waals surface area (Å²) in [4.78, 5) is 37.3. The molecule has 1 aromatic rings. The second-order valence-electron chi connectivity index (χ2n) is 7.30. The van der Waals surface area contributed by atoms with Gasteiger partial charge >= 0.3 is 11.9 Å². The molecule has 0 aromatic heterocycles. The SMILES string of the molecule is CCCC(Nc1cccc(C(=O)C(C(=O)OCC)C(=O)OCC)c1)C1CC1C. The lowest BCUT2D eigenvalue weighted by atomic mass is 9.97. The van der Waals surface area contributed by atoms with E-state index in [0.29, 0.717) is 17.9 Å². The third-order valence-corrected chi connectivity index (χ3v) is 5.09. The highest BCUT2D eigenvalue weighted by atomic mass is 16.6. The molecule has 0 amide bonds. The van der Waals surface area contributed by atoms with Crippen LogP contribution in [0.5, 0.6) is 0 Å². The second-order valence-corrected chi connectivity index (χ2v) is 7.30. The van der Waals surface area contributed by atoms with E-state index in [1.54, 1.807) is 32.0 Å². The third-order valence-electron chi connectivity index (χ3n) is 5.09. The van der Waals surface area contributed by atoms with Crippen LogP contribution in [-0.2, 0) is 19.1 Å². The van der Waals surface area contributed by atoms with Gasteiger partial charge in [-0.25, -0.2) is 0 Å². The molecule has 0 saturated heterocycles. The molecule has 0 heterocycles. The van der Waals surface area contributed by atoms with Crippen molar-refractivity contribution in [3.63, 3.8) is 0 Å². The van der Waals surface area contributed by atoms with Gasteiger partial charge in [0.15, 0.2) is 5.78 Å². The van der Waals surface area contributed by atoms with Crippen molar-refractivity contribution < 1.29 is 23.9 Å². The summed E-state index contributed by atoms with van der Waals surface area (Å²) in [6.07, 6.45) is 3.35. The van der Waals surface area contributed by atoms with Crippen molar-refractivity contribution in [3.05, 3.63) is 29.8 Å². The summed E-state index contributed by atoms with van der Waals surface area (Å²) in [5.74, 6) is -2.59. The van der Waals surface area contributed by atoms with Crippen LogP contribution in [0.2, 0.25) is 0 Å². The Balaban J connectivity index is 2.20. The highest BCUT2D eigenvalue weighted by molar-refractivity contribution is 6.21. The van der Waals surface area contributed by atoms with Gasteiger partial charge in [-0.3, -0.25) is 14.4 Å². The Hall–Kier alpha value is -2.37. The Morgan fingerprint density at radius 3 is 2.21 bits per heavy atom. The lowest BCUT2D eigenvalue weighted by molar-refractivity contribution is -0.158. The Morgan fingerprint density at radius 2 is 1.71 bits per heavy atom. The number of ketones is 1. The molecule has 0 radical (unpaired) electrons. The number of nitrogens with one attached hydrogen (secondary N) is 1. The van der Waals surface area contributed by atoms with E-state index >= 15 is 0 Å². The van der Waals surface area contributed by atoms with Crippen molar-refractivity contribution in [2.75, 3.05) is 18.5 Å². The molecule has 28 heavy (non-hydrogen) atoms. The number of anilines is 1. The fourth-order valence-corrected chi connectivity index (χ4v) is 3.52. The van der Waals surface area contributed by atoms with Crippen LogP contribution in [0.4, 0.5) is 5.69 Å². The molecule has 1 N–H and O–H groups in total. The number of esters is 2. The summed E-state index contributed by atoms with van der Waals surface area (Å²) < 4.78 is 9.83. The van der Waals surface area contributed by atoms with Gasteiger partial charge in [-0.15, -0.1) is 0 Å². The van der Waals surface area contributed by atoms with Crippen LogP contribution in [0.3, 0.4) is 0 Å². The standard InChI is InChI=1S/C22H31NO5/c1-5-9-18(17-12-14(17)4)23-16-11-8-10-15(13-16)20(24)19(21(25)27-6-2)22(26)28-7-3/h8,10-11,13-14,17-19,23H,5-7,9,12H2,1-4H3. The number of ether oxygens (including phenoxy) is 2. The molecule has 0 spiro atoms. The van der Waals surface area contributed by atoms with E-state index in [0.717, 1.165) is 18.5 Å². The topological polar surface area (TPSA) is 81.7 Å².